The summed E-state index contributed by atoms with van der Waals surface area (Å²) in [6.45, 7) is 0. The third-order valence-electron chi connectivity index (χ3n) is 4.06. The zero-order valence-electron chi connectivity index (χ0n) is 14.6. The van der Waals surface area contributed by atoms with Gasteiger partial charge in [-0.2, -0.15) is 0 Å². The molecule has 1 aliphatic rings. The van der Waals surface area contributed by atoms with E-state index in [1.807, 2.05) is 30.4 Å². The van der Waals surface area contributed by atoms with E-state index in [0.29, 0.717) is 17.2 Å². The zero-order valence-corrected chi connectivity index (χ0v) is 15.4. The van der Waals surface area contributed by atoms with E-state index < -0.39 is 6.09 Å². The van der Waals surface area contributed by atoms with Gasteiger partial charge in [0.15, 0.2) is 0 Å². The number of benzene rings is 1. The number of halogens is 1. The van der Waals surface area contributed by atoms with Gasteiger partial charge in [0.1, 0.15) is 5.76 Å². The van der Waals surface area contributed by atoms with Crippen molar-refractivity contribution in [3.05, 3.63) is 70.5 Å². The monoisotopic (exact) mass is 361 g/mol. The van der Waals surface area contributed by atoms with E-state index in [2.05, 4.69) is 23.5 Å². The average Bonchev–Trinajstić information content (AvgIpc) is 2.81. The van der Waals surface area contributed by atoms with Crippen molar-refractivity contribution in [2.45, 2.75) is 31.7 Å². The predicted molar refractivity (Wildman–Crippen MR) is 100 cm³/mol. The molecule has 0 saturated heterocycles. The summed E-state index contributed by atoms with van der Waals surface area (Å²) in [5, 5.41) is 3.53. The summed E-state index contributed by atoms with van der Waals surface area (Å²) in [4.78, 5) is 11.7. The molecule has 1 aromatic rings. The van der Waals surface area contributed by atoms with Crippen molar-refractivity contribution in [2.24, 2.45) is 0 Å². The largest absolute Gasteiger partial charge is 0.495 e. The third kappa shape index (κ3) is 6.31. The first-order chi connectivity index (χ1) is 12.1. The Kier molecular flexibility index (Phi) is 7.61. The Bertz CT molecular complexity index is 665. The van der Waals surface area contributed by atoms with Gasteiger partial charge >= 0.3 is 6.09 Å². The van der Waals surface area contributed by atoms with Gasteiger partial charge in [-0.1, -0.05) is 54.1 Å². The lowest BCUT2D eigenvalue weighted by Crippen LogP contribution is -2.35. The van der Waals surface area contributed by atoms with Crippen LogP contribution in [0.25, 0.3) is 0 Å². The second-order valence-corrected chi connectivity index (χ2v) is 6.25. The molecule has 0 radical (unpaired) electrons. The third-order valence-corrected chi connectivity index (χ3v) is 4.40. The number of methoxy groups -OCH3 is 2. The lowest BCUT2D eigenvalue weighted by molar-refractivity contribution is 0.166. The van der Waals surface area contributed by atoms with Crippen molar-refractivity contribution in [1.29, 1.82) is 0 Å². The Morgan fingerprint density at radius 1 is 1.24 bits per heavy atom. The van der Waals surface area contributed by atoms with E-state index >= 15 is 0 Å². The molecular formula is C20H24ClNO3. The summed E-state index contributed by atoms with van der Waals surface area (Å²) in [7, 11) is 2.98. The van der Waals surface area contributed by atoms with Gasteiger partial charge in [0.25, 0.3) is 0 Å². The summed E-state index contributed by atoms with van der Waals surface area (Å²) < 4.78 is 10.1. The van der Waals surface area contributed by atoms with Gasteiger partial charge in [-0.15, -0.1) is 0 Å². The highest BCUT2D eigenvalue weighted by atomic mass is 35.5. The molecule has 0 saturated carbocycles. The van der Waals surface area contributed by atoms with Crippen LogP contribution in [-0.2, 0) is 15.9 Å². The summed E-state index contributed by atoms with van der Waals surface area (Å²) in [5.41, 5.74) is 2.32. The molecule has 0 spiro atoms. The van der Waals surface area contributed by atoms with Gasteiger partial charge < -0.3 is 14.8 Å². The van der Waals surface area contributed by atoms with Crippen LogP contribution in [0, 0.1) is 0 Å². The second-order valence-electron chi connectivity index (χ2n) is 5.84. The quantitative estimate of drug-likeness (QED) is 0.764. The molecule has 1 atom stereocenters. The Morgan fingerprint density at radius 3 is 2.68 bits per heavy atom. The van der Waals surface area contributed by atoms with E-state index in [1.54, 1.807) is 7.11 Å². The molecule has 1 unspecified atom stereocenters. The van der Waals surface area contributed by atoms with Gasteiger partial charge in [0.2, 0.25) is 0 Å². The molecule has 0 bridgehead atoms. The molecular weight excluding hydrogens is 338 g/mol. The summed E-state index contributed by atoms with van der Waals surface area (Å²) in [6, 6.07) is 10.2. The molecule has 1 aliphatic carbocycles. The number of rotatable bonds is 7. The lowest BCUT2D eigenvalue weighted by atomic mass is 9.98. The SMILES string of the molecule is COC(=O)NC(CCc1ccccc1)CC1=CCC=C(Cl)C(OC)=C1. The fourth-order valence-corrected chi connectivity index (χ4v) is 2.95. The number of hydrogen-bond donors (Lipinski definition) is 1. The number of ether oxygens (including phenoxy) is 2. The van der Waals surface area contributed by atoms with Crippen LogP contribution < -0.4 is 5.32 Å². The minimum atomic E-state index is -0.417. The number of carbonyl (C=O) groups is 1. The Hall–Kier alpha value is -2.20. The highest BCUT2D eigenvalue weighted by molar-refractivity contribution is 6.31. The van der Waals surface area contributed by atoms with E-state index in [9.17, 15) is 4.79 Å². The zero-order chi connectivity index (χ0) is 18.1. The number of allylic oxidation sites excluding steroid dienone is 4. The maximum atomic E-state index is 11.7. The second kappa shape index (κ2) is 9.94. The van der Waals surface area contributed by atoms with Crippen molar-refractivity contribution >= 4 is 17.7 Å². The van der Waals surface area contributed by atoms with Crippen LogP contribution >= 0.6 is 11.6 Å². The lowest BCUT2D eigenvalue weighted by Gasteiger charge is -2.19. The smallest absolute Gasteiger partial charge is 0.407 e. The van der Waals surface area contributed by atoms with E-state index in [1.165, 1.54) is 12.7 Å². The van der Waals surface area contributed by atoms with Crippen LogP contribution in [0.3, 0.4) is 0 Å². The van der Waals surface area contributed by atoms with Crippen LogP contribution in [0.5, 0.6) is 0 Å². The highest BCUT2D eigenvalue weighted by Crippen LogP contribution is 2.24. The highest BCUT2D eigenvalue weighted by Gasteiger charge is 2.16. The number of hydrogen-bond acceptors (Lipinski definition) is 3. The maximum Gasteiger partial charge on any atom is 0.407 e. The van der Waals surface area contributed by atoms with Crippen LogP contribution in [-0.4, -0.2) is 26.4 Å². The van der Waals surface area contributed by atoms with Gasteiger partial charge in [0.05, 0.1) is 19.3 Å². The molecule has 0 fully saturated rings. The van der Waals surface area contributed by atoms with Crippen LogP contribution in [0.15, 0.2) is 64.9 Å². The molecule has 1 aromatic carbocycles. The average molecular weight is 362 g/mol. The fraction of sp³-hybridized carbons (Fsp3) is 0.350. The van der Waals surface area contributed by atoms with Crippen molar-refractivity contribution in [3.8, 4) is 0 Å². The summed E-state index contributed by atoms with van der Waals surface area (Å²) in [6.07, 6.45) is 8.64. The first-order valence-corrected chi connectivity index (χ1v) is 8.69. The minimum Gasteiger partial charge on any atom is -0.495 e. The number of nitrogens with one attached hydrogen (secondary N) is 1. The van der Waals surface area contributed by atoms with Crippen molar-refractivity contribution in [2.75, 3.05) is 14.2 Å². The van der Waals surface area contributed by atoms with E-state index in [0.717, 1.165) is 24.8 Å². The first-order valence-electron chi connectivity index (χ1n) is 8.31. The molecule has 5 heteroatoms. The van der Waals surface area contributed by atoms with Crippen molar-refractivity contribution < 1.29 is 14.3 Å². The maximum absolute atomic E-state index is 11.7. The van der Waals surface area contributed by atoms with Crippen LogP contribution in [0.4, 0.5) is 4.79 Å². The Morgan fingerprint density at radius 2 is 2.00 bits per heavy atom. The van der Waals surface area contributed by atoms with Crippen LogP contribution in [0.2, 0.25) is 0 Å². The number of aryl methyl sites for hydroxylation is 1. The van der Waals surface area contributed by atoms with Crippen molar-refractivity contribution in [1.82, 2.24) is 5.32 Å². The fourth-order valence-electron chi connectivity index (χ4n) is 2.73. The normalized spacial score (nSPS) is 15.2. The molecule has 1 amide bonds. The first kappa shape index (κ1) is 19.1. The Labute approximate surface area is 154 Å². The standard InChI is InChI=1S/C20H24ClNO3/c1-24-19-14-16(9-6-10-18(19)21)13-17(22-20(23)25-2)12-11-15-7-4-3-5-8-15/h3-5,7-10,14,17H,6,11-13H2,1-2H3,(H,22,23). The topological polar surface area (TPSA) is 47.6 Å². The molecule has 2 rings (SSSR count). The summed E-state index contributed by atoms with van der Waals surface area (Å²) in [5.74, 6) is 0.644. The van der Waals surface area contributed by atoms with Crippen molar-refractivity contribution in [3.63, 3.8) is 0 Å². The molecule has 4 nitrogen and oxygen atoms in total. The van der Waals surface area contributed by atoms with Gasteiger partial charge in [-0.3, -0.25) is 0 Å². The van der Waals surface area contributed by atoms with Gasteiger partial charge in [0, 0.05) is 6.04 Å². The van der Waals surface area contributed by atoms with Gasteiger partial charge in [-0.05, 0) is 42.9 Å². The molecule has 134 valence electrons. The Balaban J connectivity index is 2.06. The molecule has 0 heterocycles. The summed E-state index contributed by atoms with van der Waals surface area (Å²) >= 11 is 6.18. The molecule has 25 heavy (non-hydrogen) atoms. The minimum absolute atomic E-state index is 0.0369. The predicted octanol–water partition coefficient (Wildman–Crippen LogP) is 4.72. The van der Waals surface area contributed by atoms with E-state index in [4.69, 9.17) is 21.1 Å². The van der Waals surface area contributed by atoms with Crippen LogP contribution in [0.1, 0.15) is 24.8 Å². The number of carbonyl (C=O) groups excluding carboxylic acids is 1. The van der Waals surface area contributed by atoms with Gasteiger partial charge in [-0.25, -0.2) is 4.79 Å². The number of alkyl carbamates (subject to hydrolysis) is 1. The number of amides is 1. The molecule has 0 aromatic heterocycles. The van der Waals surface area contributed by atoms with E-state index in [-0.39, 0.29) is 6.04 Å². The molecule has 0 aliphatic heterocycles. The molecule has 1 N–H and O–H groups in total.